The molecule has 0 bridgehead atoms. The lowest BCUT2D eigenvalue weighted by molar-refractivity contribution is -0.119. The molecule has 0 spiro atoms. The Morgan fingerprint density at radius 3 is 2.42 bits per heavy atom. The number of hydrogen-bond donors (Lipinski definition) is 3. The van der Waals surface area contributed by atoms with E-state index in [2.05, 4.69) is 20.5 Å². The Bertz CT molecular complexity index is 877. The number of amides is 1. The van der Waals surface area contributed by atoms with Crippen LogP contribution in [0.5, 0.6) is 17.2 Å². The van der Waals surface area contributed by atoms with Gasteiger partial charge < -0.3 is 25.8 Å². The lowest BCUT2D eigenvalue weighted by Gasteiger charge is -2.32. The molecular weight excluding hydrogens is 394 g/mol. The average Bonchev–Trinajstić information content (AvgIpc) is 2.78. The van der Waals surface area contributed by atoms with Gasteiger partial charge in [-0.15, -0.1) is 0 Å². The highest BCUT2D eigenvalue weighted by atomic mass is 16.5. The molecule has 0 radical (unpaired) electrons. The van der Waals surface area contributed by atoms with Crippen molar-refractivity contribution in [3.63, 3.8) is 0 Å². The molecule has 3 rings (SSSR count). The second-order valence-corrected chi connectivity index (χ2v) is 7.48. The zero-order chi connectivity index (χ0) is 22.1. The fourth-order valence-corrected chi connectivity index (χ4v) is 3.54. The zero-order valence-electron chi connectivity index (χ0n) is 18.1. The van der Waals surface area contributed by atoms with Crippen LogP contribution in [0.2, 0.25) is 0 Å². The number of rotatable bonds is 8. The van der Waals surface area contributed by atoms with E-state index < -0.39 is 0 Å². The lowest BCUT2D eigenvalue weighted by Crippen LogP contribution is -2.49. The molecule has 1 amide bonds. The molecule has 1 aliphatic rings. The first-order valence-electron chi connectivity index (χ1n) is 10.4. The lowest BCUT2D eigenvalue weighted by atomic mass is 10.1. The van der Waals surface area contributed by atoms with Crippen molar-refractivity contribution in [2.45, 2.75) is 25.4 Å². The predicted octanol–water partition coefficient (Wildman–Crippen LogP) is 2.10. The molecule has 4 N–H and O–H groups in total. The molecule has 0 atom stereocenters. The van der Waals surface area contributed by atoms with Gasteiger partial charge in [-0.2, -0.15) is 0 Å². The quantitative estimate of drug-likeness (QED) is 0.442. The van der Waals surface area contributed by atoms with Gasteiger partial charge in [-0.1, -0.05) is 24.3 Å². The maximum atomic E-state index is 11.1. The minimum atomic E-state index is -0.275. The molecular formula is C23H31N5O3. The molecule has 31 heavy (non-hydrogen) atoms. The van der Waals surface area contributed by atoms with Crippen LogP contribution in [-0.2, 0) is 11.3 Å². The molecule has 0 aliphatic carbocycles. The second kappa shape index (κ2) is 11.2. The van der Waals surface area contributed by atoms with Crippen molar-refractivity contribution < 1.29 is 14.3 Å². The van der Waals surface area contributed by atoms with Gasteiger partial charge in [0, 0.05) is 32.7 Å². The van der Waals surface area contributed by atoms with Gasteiger partial charge in [-0.3, -0.25) is 14.7 Å². The minimum absolute atomic E-state index is 0.275. The highest BCUT2D eigenvalue weighted by Gasteiger charge is 2.20. The van der Waals surface area contributed by atoms with Crippen molar-refractivity contribution in [2.75, 3.05) is 33.8 Å². The molecule has 2 aromatic carbocycles. The van der Waals surface area contributed by atoms with E-state index in [1.54, 1.807) is 14.2 Å². The first kappa shape index (κ1) is 22.4. The number of guanidine groups is 1. The van der Waals surface area contributed by atoms with Gasteiger partial charge >= 0.3 is 0 Å². The minimum Gasteiger partial charge on any atom is -0.493 e. The summed E-state index contributed by atoms with van der Waals surface area (Å²) in [6.45, 7) is 2.68. The maximum Gasteiger partial charge on any atom is 0.231 e. The summed E-state index contributed by atoms with van der Waals surface area (Å²) in [5.74, 6) is 2.62. The molecule has 2 aromatic rings. The van der Waals surface area contributed by atoms with E-state index in [1.165, 1.54) is 0 Å². The third kappa shape index (κ3) is 6.89. The number of aliphatic imine (C=N–C) groups is 1. The number of methoxy groups -OCH3 is 1. The molecule has 1 heterocycles. The van der Waals surface area contributed by atoms with Crippen LogP contribution in [0.15, 0.2) is 53.5 Å². The number of ether oxygens (including phenoxy) is 2. The summed E-state index contributed by atoms with van der Waals surface area (Å²) in [4.78, 5) is 17.5. The van der Waals surface area contributed by atoms with E-state index in [0.717, 1.165) is 43.2 Å². The van der Waals surface area contributed by atoms with Gasteiger partial charge in [0.05, 0.1) is 13.7 Å². The number of nitrogens with two attached hydrogens (primary N) is 1. The summed E-state index contributed by atoms with van der Waals surface area (Å²) in [5.41, 5.74) is 6.39. The smallest absolute Gasteiger partial charge is 0.231 e. The molecule has 0 aromatic heterocycles. The fraction of sp³-hybridized carbons (Fsp3) is 0.391. The van der Waals surface area contributed by atoms with Crippen LogP contribution in [-0.4, -0.2) is 56.6 Å². The fourth-order valence-electron chi connectivity index (χ4n) is 3.54. The van der Waals surface area contributed by atoms with Gasteiger partial charge in [0.1, 0.15) is 5.75 Å². The Labute approximate surface area is 183 Å². The summed E-state index contributed by atoms with van der Waals surface area (Å²) in [6.07, 6.45) is 1.89. The second-order valence-electron chi connectivity index (χ2n) is 7.48. The van der Waals surface area contributed by atoms with Crippen molar-refractivity contribution >= 4 is 11.9 Å². The van der Waals surface area contributed by atoms with E-state index in [-0.39, 0.29) is 5.91 Å². The Morgan fingerprint density at radius 1 is 1.13 bits per heavy atom. The molecule has 0 unspecified atom stereocenters. The first-order valence-corrected chi connectivity index (χ1v) is 10.4. The van der Waals surface area contributed by atoms with E-state index in [1.807, 2.05) is 48.5 Å². The number of benzene rings is 2. The Hall–Kier alpha value is -3.26. The van der Waals surface area contributed by atoms with Gasteiger partial charge in [-0.25, -0.2) is 0 Å². The zero-order valence-corrected chi connectivity index (χ0v) is 18.1. The Morgan fingerprint density at radius 2 is 1.81 bits per heavy atom. The molecule has 0 saturated carbocycles. The van der Waals surface area contributed by atoms with Crippen molar-refractivity contribution in [1.29, 1.82) is 0 Å². The number of primary amides is 1. The van der Waals surface area contributed by atoms with Crippen LogP contribution in [0.25, 0.3) is 0 Å². The number of para-hydroxylation sites is 2. The van der Waals surface area contributed by atoms with Crippen molar-refractivity contribution in [3.8, 4) is 17.2 Å². The normalized spacial score (nSPS) is 15.4. The number of nitrogens with one attached hydrogen (secondary N) is 2. The van der Waals surface area contributed by atoms with Gasteiger partial charge in [0.15, 0.2) is 17.5 Å². The van der Waals surface area contributed by atoms with Gasteiger partial charge in [0.2, 0.25) is 5.91 Å². The molecule has 1 aliphatic heterocycles. The maximum absolute atomic E-state index is 11.1. The van der Waals surface area contributed by atoms with Crippen LogP contribution in [0.4, 0.5) is 0 Å². The van der Waals surface area contributed by atoms with E-state index >= 15 is 0 Å². The standard InChI is InChI=1S/C23H31N5O3/c1-25-23(27-18-11-13-28(14-12-18)16-22(24)29)26-15-17-7-9-19(10-8-17)31-21-6-4-3-5-20(21)30-2/h3-10,18H,11-16H2,1-2H3,(H2,24,29)(H2,25,26,27). The average molecular weight is 426 g/mol. The summed E-state index contributed by atoms with van der Waals surface area (Å²) in [5, 5.41) is 6.82. The van der Waals surface area contributed by atoms with Crippen LogP contribution in [0, 0.1) is 0 Å². The molecule has 166 valence electrons. The number of piperidine rings is 1. The predicted molar refractivity (Wildman–Crippen MR) is 122 cm³/mol. The van der Waals surface area contributed by atoms with E-state index in [4.69, 9.17) is 15.2 Å². The Kier molecular flexibility index (Phi) is 8.12. The monoisotopic (exact) mass is 425 g/mol. The van der Waals surface area contributed by atoms with Gasteiger partial charge in [-0.05, 0) is 42.7 Å². The summed E-state index contributed by atoms with van der Waals surface area (Å²) in [7, 11) is 3.39. The topological polar surface area (TPSA) is 101 Å². The van der Waals surface area contributed by atoms with Crippen LogP contribution in [0.3, 0.4) is 0 Å². The molecule has 1 fully saturated rings. The molecule has 8 nitrogen and oxygen atoms in total. The third-order valence-electron chi connectivity index (χ3n) is 5.21. The molecule has 1 saturated heterocycles. The van der Waals surface area contributed by atoms with Gasteiger partial charge in [0.25, 0.3) is 0 Å². The van der Waals surface area contributed by atoms with Crippen molar-refractivity contribution in [3.05, 3.63) is 54.1 Å². The van der Waals surface area contributed by atoms with Crippen molar-refractivity contribution in [2.24, 2.45) is 10.7 Å². The van der Waals surface area contributed by atoms with Crippen LogP contribution in [0.1, 0.15) is 18.4 Å². The number of carbonyl (C=O) groups is 1. The van der Waals surface area contributed by atoms with E-state index in [9.17, 15) is 4.79 Å². The summed E-state index contributed by atoms with van der Waals surface area (Å²) >= 11 is 0. The highest BCUT2D eigenvalue weighted by Crippen LogP contribution is 2.30. The van der Waals surface area contributed by atoms with Crippen molar-refractivity contribution in [1.82, 2.24) is 15.5 Å². The summed E-state index contributed by atoms with van der Waals surface area (Å²) in [6, 6.07) is 15.8. The van der Waals surface area contributed by atoms with E-state index in [0.29, 0.717) is 30.6 Å². The largest absolute Gasteiger partial charge is 0.493 e. The number of carbonyl (C=O) groups excluding carboxylic acids is 1. The number of nitrogens with zero attached hydrogens (tertiary/aromatic N) is 2. The van der Waals surface area contributed by atoms with Crippen LogP contribution < -0.4 is 25.8 Å². The molecule has 8 heteroatoms. The number of hydrogen-bond acceptors (Lipinski definition) is 5. The Balaban J connectivity index is 1.46. The highest BCUT2D eigenvalue weighted by molar-refractivity contribution is 5.80. The first-order chi connectivity index (χ1) is 15.1. The summed E-state index contributed by atoms with van der Waals surface area (Å²) < 4.78 is 11.2. The number of likely N-dealkylation sites (tertiary alicyclic amines) is 1. The third-order valence-corrected chi connectivity index (χ3v) is 5.21. The van der Waals surface area contributed by atoms with Crippen LogP contribution >= 0.6 is 0 Å². The SMILES string of the molecule is CN=C(NCc1ccc(Oc2ccccc2OC)cc1)NC1CCN(CC(N)=O)CC1.